The van der Waals surface area contributed by atoms with Crippen LogP contribution in [-0.4, -0.2) is 42.0 Å². The van der Waals surface area contributed by atoms with Crippen LogP contribution in [0.5, 0.6) is 0 Å². The Bertz CT molecular complexity index is 754. The van der Waals surface area contributed by atoms with Crippen LogP contribution in [0.3, 0.4) is 0 Å². The average Bonchev–Trinajstić information content (AvgIpc) is 3.29. The topological polar surface area (TPSA) is 87.5 Å². The Morgan fingerprint density at radius 2 is 2.08 bits per heavy atom. The highest BCUT2D eigenvalue weighted by Crippen LogP contribution is 2.19. The SMILES string of the molecule is CNC(=O)C1CCN(C(=O)NCc2coc(-c3ccc(C)cc3)n2)C1. The Labute approximate surface area is 146 Å². The fraction of sp³-hybridized carbons (Fsp3) is 0.389. The van der Waals surface area contributed by atoms with E-state index in [1.807, 2.05) is 31.2 Å². The van der Waals surface area contributed by atoms with Gasteiger partial charge in [0.1, 0.15) is 6.26 Å². The average molecular weight is 342 g/mol. The third kappa shape index (κ3) is 3.99. The van der Waals surface area contributed by atoms with Crippen molar-refractivity contribution >= 4 is 11.9 Å². The van der Waals surface area contributed by atoms with Crippen LogP contribution in [0.4, 0.5) is 4.79 Å². The van der Waals surface area contributed by atoms with Gasteiger partial charge in [-0.1, -0.05) is 17.7 Å². The van der Waals surface area contributed by atoms with Crippen molar-refractivity contribution in [3.05, 3.63) is 41.8 Å². The first-order chi connectivity index (χ1) is 12.1. The van der Waals surface area contributed by atoms with Crippen LogP contribution in [-0.2, 0) is 11.3 Å². The summed E-state index contributed by atoms with van der Waals surface area (Å²) in [6.07, 6.45) is 2.24. The molecule has 1 unspecified atom stereocenters. The first kappa shape index (κ1) is 17.0. The highest BCUT2D eigenvalue weighted by molar-refractivity contribution is 5.81. The molecule has 25 heavy (non-hydrogen) atoms. The number of benzene rings is 1. The highest BCUT2D eigenvalue weighted by atomic mass is 16.3. The molecule has 2 aromatic rings. The van der Waals surface area contributed by atoms with E-state index in [0.717, 1.165) is 5.56 Å². The summed E-state index contributed by atoms with van der Waals surface area (Å²) in [6, 6.07) is 7.71. The van der Waals surface area contributed by atoms with Crippen molar-refractivity contribution in [1.82, 2.24) is 20.5 Å². The van der Waals surface area contributed by atoms with Crippen LogP contribution in [0.2, 0.25) is 0 Å². The van der Waals surface area contributed by atoms with Crippen LogP contribution < -0.4 is 10.6 Å². The lowest BCUT2D eigenvalue weighted by atomic mass is 10.1. The molecule has 2 heterocycles. The summed E-state index contributed by atoms with van der Waals surface area (Å²) in [7, 11) is 1.61. The van der Waals surface area contributed by atoms with Gasteiger partial charge < -0.3 is 20.0 Å². The molecule has 0 saturated carbocycles. The number of hydrogen-bond donors (Lipinski definition) is 2. The van der Waals surface area contributed by atoms with Crippen molar-refractivity contribution in [3.8, 4) is 11.5 Å². The van der Waals surface area contributed by atoms with Crippen molar-refractivity contribution < 1.29 is 14.0 Å². The molecule has 0 aliphatic carbocycles. The van der Waals surface area contributed by atoms with Gasteiger partial charge >= 0.3 is 6.03 Å². The molecule has 1 aliphatic heterocycles. The van der Waals surface area contributed by atoms with E-state index in [1.54, 1.807) is 18.2 Å². The summed E-state index contributed by atoms with van der Waals surface area (Å²) in [5, 5.41) is 5.45. The van der Waals surface area contributed by atoms with Gasteiger partial charge in [-0.15, -0.1) is 0 Å². The third-order valence-electron chi connectivity index (χ3n) is 4.36. The van der Waals surface area contributed by atoms with Crippen molar-refractivity contribution in [2.24, 2.45) is 5.92 Å². The summed E-state index contributed by atoms with van der Waals surface area (Å²) in [5.74, 6) is 0.385. The lowest BCUT2D eigenvalue weighted by molar-refractivity contribution is -0.124. The van der Waals surface area contributed by atoms with Gasteiger partial charge in [0.15, 0.2) is 0 Å². The molecule has 1 aliphatic rings. The van der Waals surface area contributed by atoms with Gasteiger partial charge in [0.05, 0.1) is 18.2 Å². The predicted molar refractivity (Wildman–Crippen MR) is 92.7 cm³/mol. The number of hydrogen-bond acceptors (Lipinski definition) is 4. The minimum absolute atomic E-state index is 0.0189. The normalized spacial score (nSPS) is 16.7. The monoisotopic (exact) mass is 342 g/mol. The zero-order valence-corrected chi connectivity index (χ0v) is 14.4. The lowest BCUT2D eigenvalue weighted by Crippen LogP contribution is -2.39. The Morgan fingerprint density at radius 3 is 2.80 bits per heavy atom. The molecule has 2 N–H and O–H groups in total. The molecule has 1 aromatic heterocycles. The molecule has 0 spiro atoms. The summed E-state index contributed by atoms with van der Waals surface area (Å²) in [6.45, 7) is 3.33. The molecular weight excluding hydrogens is 320 g/mol. The Balaban J connectivity index is 1.53. The number of carbonyl (C=O) groups is 2. The number of aromatic nitrogens is 1. The van der Waals surface area contributed by atoms with Gasteiger partial charge in [-0.25, -0.2) is 9.78 Å². The number of carbonyl (C=O) groups excluding carboxylic acids is 2. The van der Waals surface area contributed by atoms with Crippen LogP contribution >= 0.6 is 0 Å². The number of aryl methyl sites for hydroxylation is 1. The van der Waals surface area contributed by atoms with Crippen molar-refractivity contribution in [2.45, 2.75) is 19.9 Å². The summed E-state index contributed by atoms with van der Waals surface area (Å²) in [5.41, 5.74) is 2.73. The number of amides is 3. The van der Waals surface area contributed by atoms with E-state index < -0.39 is 0 Å². The molecule has 1 fully saturated rings. The number of urea groups is 1. The minimum Gasteiger partial charge on any atom is -0.444 e. The molecule has 3 amide bonds. The minimum atomic E-state index is -0.189. The maximum absolute atomic E-state index is 12.2. The number of nitrogens with one attached hydrogen (secondary N) is 2. The van der Waals surface area contributed by atoms with E-state index in [4.69, 9.17) is 4.42 Å². The van der Waals surface area contributed by atoms with Gasteiger partial charge in [0, 0.05) is 25.7 Å². The quantitative estimate of drug-likeness (QED) is 0.889. The lowest BCUT2D eigenvalue weighted by Gasteiger charge is -2.16. The van der Waals surface area contributed by atoms with Crippen LogP contribution in [0.1, 0.15) is 17.7 Å². The smallest absolute Gasteiger partial charge is 0.317 e. The van der Waals surface area contributed by atoms with Crippen molar-refractivity contribution in [3.63, 3.8) is 0 Å². The molecule has 132 valence electrons. The summed E-state index contributed by atoms with van der Waals surface area (Å²) < 4.78 is 5.48. The van der Waals surface area contributed by atoms with E-state index in [-0.39, 0.29) is 24.4 Å². The zero-order valence-electron chi connectivity index (χ0n) is 14.4. The molecule has 1 atom stereocenters. The third-order valence-corrected chi connectivity index (χ3v) is 4.36. The van der Waals surface area contributed by atoms with Crippen molar-refractivity contribution in [1.29, 1.82) is 0 Å². The van der Waals surface area contributed by atoms with Crippen molar-refractivity contribution in [2.75, 3.05) is 20.1 Å². The Morgan fingerprint density at radius 1 is 1.32 bits per heavy atom. The summed E-state index contributed by atoms with van der Waals surface area (Å²) in [4.78, 5) is 29.9. The second-order valence-corrected chi connectivity index (χ2v) is 6.21. The van der Waals surface area contributed by atoms with E-state index in [2.05, 4.69) is 15.6 Å². The summed E-state index contributed by atoms with van der Waals surface area (Å²) >= 11 is 0. The highest BCUT2D eigenvalue weighted by Gasteiger charge is 2.30. The largest absolute Gasteiger partial charge is 0.444 e. The number of likely N-dealkylation sites (tertiary alicyclic amines) is 1. The first-order valence-corrected chi connectivity index (χ1v) is 8.32. The van der Waals surface area contributed by atoms with Crippen LogP contribution in [0, 0.1) is 12.8 Å². The molecule has 0 bridgehead atoms. The van der Waals surface area contributed by atoms with Gasteiger partial charge in [-0.05, 0) is 25.5 Å². The Kier molecular flexibility index (Phi) is 5.02. The van der Waals surface area contributed by atoms with Crippen LogP contribution in [0.25, 0.3) is 11.5 Å². The maximum atomic E-state index is 12.2. The molecule has 1 saturated heterocycles. The van der Waals surface area contributed by atoms with Gasteiger partial charge in [0.2, 0.25) is 11.8 Å². The molecule has 3 rings (SSSR count). The van der Waals surface area contributed by atoms with E-state index in [9.17, 15) is 9.59 Å². The molecular formula is C18H22N4O3. The molecule has 1 aromatic carbocycles. The Hall–Kier alpha value is -2.83. The van der Waals surface area contributed by atoms with Gasteiger partial charge in [-0.2, -0.15) is 0 Å². The van der Waals surface area contributed by atoms with E-state index in [0.29, 0.717) is 31.1 Å². The van der Waals surface area contributed by atoms with Crippen LogP contribution in [0.15, 0.2) is 34.9 Å². The molecule has 7 heteroatoms. The molecule has 0 radical (unpaired) electrons. The first-order valence-electron chi connectivity index (χ1n) is 8.32. The van der Waals surface area contributed by atoms with E-state index in [1.165, 1.54) is 5.56 Å². The number of oxazole rings is 1. The number of nitrogens with zero attached hydrogens (tertiary/aromatic N) is 2. The maximum Gasteiger partial charge on any atom is 0.317 e. The second kappa shape index (κ2) is 7.38. The van der Waals surface area contributed by atoms with Gasteiger partial charge in [-0.3, -0.25) is 4.79 Å². The fourth-order valence-electron chi connectivity index (χ4n) is 2.86. The molecule has 7 nitrogen and oxygen atoms in total. The van der Waals surface area contributed by atoms with Gasteiger partial charge in [0.25, 0.3) is 0 Å². The standard InChI is InChI=1S/C18H22N4O3/c1-12-3-5-13(6-4-12)17-21-15(11-25-17)9-20-18(24)22-8-7-14(10-22)16(23)19-2/h3-6,11,14H,7-10H2,1-2H3,(H,19,23)(H,20,24). The fourth-order valence-corrected chi connectivity index (χ4v) is 2.86. The second-order valence-electron chi connectivity index (χ2n) is 6.21. The number of rotatable bonds is 4. The van der Waals surface area contributed by atoms with E-state index >= 15 is 0 Å². The predicted octanol–water partition coefficient (Wildman–Crippen LogP) is 1.93. The zero-order chi connectivity index (χ0) is 17.8.